The van der Waals surface area contributed by atoms with Crippen LogP contribution < -0.4 is 5.32 Å². The number of amides is 1. The van der Waals surface area contributed by atoms with Crippen molar-refractivity contribution in [2.75, 3.05) is 13.6 Å². The third-order valence-electron chi connectivity index (χ3n) is 4.19. The van der Waals surface area contributed by atoms with Crippen LogP contribution in [0.2, 0.25) is 0 Å². The quantitative estimate of drug-likeness (QED) is 0.719. The smallest absolute Gasteiger partial charge is 0.245 e. The van der Waals surface area contributed by atoms with E-state index in [1.807, 2.05) is 11.9 Å². The number of likely N-dealkylation sites (N-methyl/N-ethyl adjacent to an activating group) is 1. The fourth-order valence-corrected chi connectivity index (χ4v) is 3.13. The van der Waals surface area contributed by atoms with E-state index in [0.29, 0.717) is 12.1 Å². The second-order valence-corrected chi connectivity index (χ2v) is 5.08. The highest BCUT2D eigenvalue weighted by Gasteiger charge is 2.34. The number of hydrogen-bond acceptors (Lipinski definition) is 2. The van der Waals surface area contributed by atoms with E-state index in [1.54, 1.807) is 0 Å². The second-order valence-electron chi connectivity index (χ2n) is 5.08. The molecular formula is C13H22N2O. The summed E-state index contributed by atoms with van der Waals surface area (Å²) in [5.41, 5.74) is 0. The fraction of sp³-hybridized carbons (Fsp3) is 0.769. The Bertz CT molecular complexity index is 277. The summed E-state index contributed by atoms with van der Waals surface area (Å²) in [5.74, 6) is 0.900. The number of piperidine rings is 1. The van der Waals surface area contributed by atoms with Crippen LogP contribution in [0.5, 0.6) is 0 Å². The Morgan fingerprint density at radius 3 is 3.00 bits per heavy atom. The number of carbonyl (C=O) groups is 1. The minimum absolute atomic E-state index is 0.0549. The molecule has 1 aliphatic heterocycles. The fourth-order valence-electron chi connectivity index (χ4n) is 3.13. The molecule has 3 nitrogen and oxygen atoms in total. The van der Waals surface area contributed by atoms with Crippen molar-refractivity contribution in [1.29, 1.82) is 0 Å². The number of hydrogen-bond donors (Lipinski definition) is 1. The number of rotatable bonds is 2. The molecule has 1 heterocycles. The van der Waals surface area contributed by atoms with Gasteiger partial charge in [-0.2, -0.15) is 0 Å². The van der Waals surface area contributed by atoms with E-state index < -0.39 is 0 Å². The summed E-state index contributed by atoms with van der Waals surface area (Å²) >= 11 is 0. The van der Waals surface area contributed by atoms with Gasteiger partial charge in [0, 0.05) is 19.1 Å². The second kappa shape index (κ2) is 5.00. The molecule has 3 atom stereocenters. The van der Waals surface area contributed by atoms with E-state index in [0.717, 1.165) is 25.3 Å². The molecule has 3 heteroatoms. The van der Waals surface area contributed by atoms with Gasteiger partial charge in [0.25, 0.3) is 0 Å². The molecule has 90 valence electrons. The number of fused-ring (bicyclic) bond motifs is 1. The molecule has 0 aromatic rings. The van der Waals surface area contributed by atoms with Gasteiger partial charge in [-0.3, -0.25) is 4.79 Å². The molecule has 1 aliphatic carbocycles. The highest BCUT2D eigenvalue weighted by molar-refractivity contribution is 5.87. The maximum atomic E-state index is 11.6. The zero-order valence-corrected chi connectivity index (χ0v) is 10.1. The number of nitrogens with zero attached hydrogens (tertiary/aromatic N) is 1. The summed E-state index contributed by atoms with van der Waals surface area (Å²) in [4.78, 5) is 13.4. The van der Waals surface area contributed by atoms with E-state index in [2.05, 4.69) is 11.9 Å². The predicted molar refractivity (Wildman–Crippen MR) is 65.1 cm³/mol. The summed E-state index contributed by atoms with van der Waals surface area (Å²) < 4.78 is 0. The van der Waals surface area contributed by atoms with Crippen molar-refractivity contribution in [3.05, 3.63) is 12.7 Å². The number of nitrogens with one attached hydrogen (secondary N) is 1. The average Bonchev–Trinajstić information content (AvgIpc) is 2.36. The summed E-state index contributed by atoms with van der Waals surface area (Å²) in [6.45, 7) is 4.70. The van der Waals surface area contributed by atoms with Crippen LogP contribution in [0.25, 0.3) is 0 Å². The Kier molecular flexibility index (Phi) is 3.64. The van der Waals surface area contributed by atoms with E-state index in [-0.39, 0.29) is 5.91 Å². The van der Waals surface area contributed by atoms with Crippen molar-refractivity contribution >= 4 is 5.91 Å². The molecule has 0 aromatic heterocycles. The Labute approximate surface area is 97.9 Å². The first-order valence-electron chi connectivity index (χ1n) is 6.35. The van der Waals surface area contributed by atoms with Gasteiger partial charge in [0.05, 0.1) is 0 Å². The molecule has 2 fully saturated rings. The zero-order chi connectivity index (χ0) is 11.5. The van der Waals surface area contributed by atoms with Gasteiger partial charge in [0.15, 0.2) is 0 Å². The van der Waals surface area contributed by atoms with Crippen LogP contribution in [-0.4, -0.2) is 36.5 Å². The molecule has 2 rings (SSSR count). The van der Waals surface area contributed by atoms with Crippen LogP contribution in [0.4, 0.5) is 0 Å². The van der Waals surface area contributed by atoms with Gasteiger partial charge in [0.1, 0.15) is 0 Å². The first-order chi connectivity index (χ1) is 7.72. The van der Waals surface area contributed by atoms with Gasteiger partial charge in [0.2, 0.25) is 5.91 Å². The molecule has 3 unspecified atom stereocenters. The summed E-state index contributed by atoms with van der Waals surface area (Å²) in [6, 6.07) is 1.03. The molecule has 0 spiro atoms. The van der Waals surface area contributed by atoms with Crippen molar-refractivity contribution in [2.45, 2.75) is 44.2 Å². The molecule has 1 saturated heterocycles. The van der Waals surface area contributed by atoms with Gasteiger partial charge >= 0.3 is 0 Å². The van der Waals surface area contributed by atoms with E-state index in [4.69, 9.17) is 0 Å². The highest BCUT2D eigenvalue weighted by atomic mass is 16.2. The van der Waals surface area contributed by atoms with Gasteiger partial charge in [-0.05, 0) is 50.6 Å². The molecule has 1 amide bonds. The van der Waals surface area contributed by atoms with E-state index in [9.17, 15) is 4.79 Å². The average molecular weight is 222 g/mol. The largest absolute Gasteiger partial charge is 0.339 e. The third kappa shape index (κ3) is 2.29. The molecule has 0 bridgehead atoms. The Hall–Kier alpha value is -0.830. The van der Waals surface area contributed by atoms with Gasteiger partial charge in [-0.15, -0.1) is 0 Å². The Morgan fingerprint density at radius 2 is 2.25 bits per heavy atom. The summed E-state index contributed by atoms with van der Waals surface area (Å²) in [7, 11) is 1.90. The van der Waals surface area contributed by atoms with E-state index >= 15 is 0 Å². The zero-order valence-electron chi connectivity index (χ0n) is 10.1. The molecular weight excluding hydrogens is 200 g/mol. The lowest BCUT2D eigenvalue weighted by Gasteiger charge is -2.42. The summed E-state index contributed by atoms with van der Waals surface area (Å²) in [6.07, 6.45) is 7.62. The first kappa shape index (κ1) is 11.6. The molecule has 1 N–H and O–H groups in total. The maximum Gasteiger partial charge on any atom is 0.245 e. The van der Waals surface area contributed by atoms with E-state index in [1.165, 1.54) is 25.3 Å². The molecule has 2 aliphatic rings. The third-order valence-corrected chi connectivity index (χ3v) is 4.19. The van der Waals surface area contributed by atoms with Crippen LogP contribution >= 0.6 is 0 Å². The first-order valence-corrected chi connectivity index (χ1v) is 6.35. The predicted octanol–water partition coefficient (Wildman–Crippen LogP) is 1.55. The van der Waals surface area contributed by atoms with Gasteiger partial charge in [-0.1, -0.05) is 6.58 Å². The lowest BCUT2D eigenvalue weighted by molar-refractivity contribution is -0.127. The molecule has 1 saturated carbocycles. The highest BCUT2D eigenvalue weighted by Crippen LogP contribution is 2.32. The van der Waals surface area contributed by atoms with Crippen LogP contribution in [0.1, 0.15) is 32.1 Å². The van der Waals surface area contributed by atoms with Crippen molar-refractivity contribution in [3.8, 4) is 0 Å². The normalized spacial score (nSPS) is 33.9. The summed E-state index contributed by atoms with van der Waals surface area (Å²) in [5, 5.41) is 3.60. The van der Waals surface area contributed by atoms with Crippen molar-refractivity contribution < 1.29 is 4.79 Å². The Balaban J connectivity index is 1.94. The molecule has 0 radical (unpaired) electrons. The monoisotopic (exact) mass is 222 g/mol. The van der Waals surface area contributed by atoms with Crippen molar-refractivity contribution in [2.24, 2.45) is 5.92 Å². The molecule has 0 aromatic carbocycles. The maximum absolute atomic E-state index is 11.6. The number of carbonyl (C=O) groups excluding carboxylic acids is 1. The SMILES string of the molecule is C=CC(=O)N(C)C1CCC2CCCNC2C1. The van der Waals surface area contributed by atoms with Crippen LogP contribution in [-0.2, 0) is 4.79 Å². The minimum Gasteiger partial charge on any atom is -0.339 e. The van der Waals surface area contributed by atoms with Crippen molar-refractivity contribution in [3.63, 3.8) is 0 Å². The standard InChI is InChI=1S/C13H22N2O/c1-3-13(16)15(2)11-7-6-10-5-4-8-14-12(10)9-11/h3,10-12,14H,1,4-9H2,2H3. The van der Waals surface area contributed by atoms with Crippen molar-refractivity contribution in [1.82, 2.24) is 10.2 Å². The minimum atomic E-state index is 0.0549. The topological polar surface area (TPSA) is 32.3 Å². The lowest BCUT2D eigenvalue weighted by atomic mass is 9.77. The lowest BCUT2D eigenvalue weighted by Crippen LogP contribution is -2.50. The van der Waals surface area contributed by atoms with Crippen LogP contribution in [0, 0.1) is 5.92 Å². The molecule has 16 heavy (non-hydrogen) atoms. The van der Waals surface area contributed by atoms with Crippen LogP contribution in [0.15, 0.2) is 12.7 Å². The van der Waals surface area contributed by atoms with Gasteiger partial charge < -0.3 is 10.2 Å². The Morgan fingerprint density at radius 1 is 1.44 bits per heavy atom. The van der Waals surface area contributed by atoms with Gasteiger partial charge in [-0.25, -0.2) is 0 Å². The van der Waals surface area contributed by atoms with Crippen LogP contribution in [0.3, 0.4) is 0 Å².